The molecule has 7 unspecified atom stereocenters. The Balaban J connectivity index is -0.000000363. The monoisotopic (exact) mass is 504 g/mol. The van der Waals surface area contributed by atoms with Crippen molar-refractivity contribution < 1.29 is 44.8 Å². The summed E-state index contributed by atoms with van der Waals surface area (Å²) < 4.78 is 15.0. The van der Waals surface area contributed by atoms with Crippen LogP contribution in [0.5, 0.6) is 0 Å². The van der Waals surface area contributed by atoms with Crippen molar-refractivity contribution in [3.05, 3.63) is 0 Å². The molecule has 3 fully saturated rings. The molecule has 3 heterocycles. The van der Waals surface area contributed by atoms with Crippen LogP contribution in [-0.2, 0) is 14.2 Å². The van der Waals surface area contributed by atoms with Crippen LogP contribution in [0.2, 0.25) is 0 Å². The zero-order valence-electron chi connectivity index (χ0n) is 21.4. The van der Waals surface area contributed by atoms with Crippen LogP contribution in [-0.4, -0.2) is 102 Å². The van der Waals surface area contributed by atoms with Crippen molar-refractivity contribution in [3.63, 3.8) is 0 Å². The topological polar surface area (TPSA) is 149 Å². The molecule has 7 atom stereocenters. The molecular weight excluding hydrogens is 451 g/mol. The Morgan fingerprint density at radius 3 is 1.67 bits per heavy atom. The molecule has 3 aliphatic rings. The molecule has 0 bridgehead atoms. The van der Waals surface area contributed by atoms with Gasteiger partial charge in [0.1, 0.15) is 0 Å². The standard InChI is InChI=1S/C6H12O4.C6H12O3.C6H12O.C3H8.CH4O.CH5P/c7-3-5-1-4(8)2-6(9)10-5;7-4-5-2-1-3-6(8)9-5;1-6-3-2-4-7-5-6;1-3-2;2*1-2/h4-9H,1-3H2;5-8H,1-4H2;6H,2-5H2,1H3;3H2,1-2H3;2H,1H3;2H2,1H3. The number of rotatable bonds is 2. The van der Waals surface area contributed by atoms with Gasteiger partial charge in [0, 0.05) is 33.2 Å². The van der Waals surface area contributed by atoms with E-state index < -0.39 is 24.8 Å². The average Bonchev–Trinajstić information content (AvgIpc) is 2.83. The van der Waals surface area contributed by atoms with Gasteiger partial charge in [0.05, 0.1) is 31.5 Å². The van der Waals surface area contributed by atoms with Crippen molar-refractivity contribution >= 4 is 9.24 Å². The zero-order chi connectivity index (χ0) is 26.1. The van der Waals surface area contributed by atoms with E-state index >= 15 is 0 Å². The van der Waals surface area contributed by atoms with Crippen molar-refractivity contribution in [3.8, 4) is 0 Å². The molecule has 0 aromatic heterocycles. The van der Waals surface area contributed by atoms with Crippen LogP contribution >= 0.6 is 9.24 Å². The van der Waals surface area contributed by atoms with Crippen LogP contribution in [0.15, 0.2) is 0 Å². The normalized spacial score (nSPS) is 30.5. The van der Waals surface area contributed by atoms with E-state index in [9.17, 15) is 0 Å². The maximum absolute atomic E-state index is 9.03. The van der Waals surface area contributed by atoms with Gasteiger partial charge in [-0.3, -0.25) is 0 Å². The molecule has 9 nitrogen and oxygen atoms in total. The molecule has 10 heteroatoms. The summed E-state index contributed by atoms with van der Waals surface area (Å²) in [6.07, 6.45) is 4.42. The Kier molecular flexibility index (Phi) is 32.3. The maximum Gasteiger partial charge on any atom is 0.157 e. The summed E-state index contributed by atoms with van der Waals surface area (Å²) in [6.45, 7) is 10.3. The van der Waals surface area contributed by atoms with Crippen molar-refractivity contribution in [1.29, 1.82) is 0 Å². The predicted octanol–water partition coefficient (Wildman–Crippen LogP) is 1.65. The quantitative estimate of drug-likeness (QED) is 0.309. The number of hydrogen-bond donors (Lipinski definition) is 6. The third-order valence-electron chi connectivity index (χ3n) is 4.48. The summed E-state index contributed by atoms with van der Waals surface area (Å²) in [5.74, 6) is 0.814. The molecule has 33 heavy (non-hydrogen) atoms. The second kappa shape index (κ2) is 28.3. The summed E-state index contributed by atoms with van der Waals surface area (Å²) in [7, 11) is 3.42. The average molecular weight is 505 g/mol. The first-order chi connectivity index (χ1) is 15.9. The van der Waals surface area contributed by atoms with E-state index in [2.05, 4.69) is 30.0 Å². The molecule has 3 aliphatic heterocycles. The van der Waals surface area contributed by atoms with E-state index in [4.69, 9.17) is 44.8 Å². The Labute approximate surface area is 203 Å². The molecule has 0 aromatic carbocycles. The maximum atomic E-state index is 9.03. The fourth-order valence-electron chi connectivity index (χ4n) is 3.00. The fourth-order valence-corrected chi connectivity index (χ4v) is 3.00. The Morgan fingerprint density at radius 1 is 0.788 bits per heavy atom. The highest BCUT2D eigenvalue weighted by atomic mass is 31.0. The molecule has 0 aliphatic carbocycles. The third kappa shape index (κ3) is 25.0. The van der Waals surface area contributed by atoms with Crippen LogP contribution in [0, 0.1) is 5.92 Å². The van der Waals surface area contributed by atoms with E-state index in [1.54, 1.807) is 0 Å². The summed E-state index contributed by atoms with van der Waals surface area (Å²) in [5.41, 5.74) is 0. The van der Waals surface area contributed by atoms with Gasteiger partial charge in [-0.25, -0.2) is 0 Å². The first kappa shape index (κ1) is 37.6. The number of aliphatic hydroxyl groups excluding tert-OH is 6. The molecule has 0 amide bonds. The lowest BCUT2D eigenvalue weighted by molar-refractivity contribution is -0.197. The second-order valence-electron chi connectivity index (χ2n) is 7.88. The number of ether oxygens (including phenoxy) is 3. The van der Waals surface area contributed by atoms with Crippen LogP contribution < -0.4 is 0 Å². The van der Waals surface area contributed by atoms with E-state index in [0.29, 0.717) is 12.8 Å². The van der Waals surface area contributed by atoms with Crippen molar-refractivity contribution in [2.24, 2.45) is 5.92 Å². The lowest BCUT2D eigenvalue weighted by atomic mass is 10.1. The Hall–Kier alpha value is 0.0700. The molecule has 0 aromatic rings. The molecular formula is C23H53O9P. The molecule has 204 valence electrons. The summed E-state index contributed by atoms with van der Waals surface area (Å²) in [4.78, 5) is 0. The van der Waals surface area contributed by atoms with Crippen LogP contribution in [0.4, 0.5) is 0 Å². The first-order valence-electron chi connectivity index (χ1n) is 12.0. The van der Waals surface area contributed by atoms with Gasteiger partial charge >= 0.3 is 0 Å². The SMILES string of the molecule is CC1CCCOC1.CCC.CO.CP.OCC1CC(O)CC(O)O1.OCC1CCCC(O)O1. The van der Waals surface area contributed by atoms with E-state index in [1.165, 1.54) is 19.3 Å². The van der Waals surface area contributed by atoms with Crippen LogP contribution in [0.25, 0.3) is 0 Å². The summed E-state index contributed by atoms with van der Waals surface area (Å²) >= 11 is 0. The van der Waals surface area contributed by atoms with E-state index in [-0.39, 0.29) is 25.7 Å². The van der Waals surface area contributed by atoms with Gasteiger partial charge in [0.2, 0.25) is 0 Å². The highest BCUT2D eigenvalue weighted by Crippen LogP contribution is 2.17. The van der Waals surface area contributed by atoms with Crippen molar-refractivity contribution in [2.75, 3.05) is 40.2 Å². The minimum Gasteiger partial charge on any atom is -0.400 e. The Bertz CT molecular complexity index is 351. The minimum atomic E-state index is -0.916. The molecule has 3 rings (SSSR count). The van der Waals surface area contributed by atoms with Crippen LogP contribution in [0.3, 0.4) is 0 Å². The van der Waals surface area contributed by atoms with E-state index in [0.717, 1.165) is 39.1 Å². The summed E-state index contributed by atoms with van der Waals surface area (Å²) in [6, 6.07) is 0. The molecule has 0 saturated carbocycles. The molecule has 3 saturated heterocycles. The summed E-state index contributed by atoms with van der Waals surface area (Å²) in [5, 5.41) is 50.9. The Morgan fingerprint density at radius 2 is 1.33 bits per heavy atom. The predicted molar refractivity (Wildman–Crippen MR) is 134 cm³/mol. The second-order valence-corrected chi connectivity index (χ2v) is 7.88. The van der Waals surface area contributed by atoms with Crippen molar-refractivity contribution in [1.82, 2.24) is 0 Å². The van der Waals surface area contributed by atoms with E-state index in [1.807, 2.05) is 6.66 Å². The highest BCUT2D eigenvalue weighted by molar-refractivity contribution is 7.15. The van der Waals surface area contributed by atoms with Crippen LogP contribution in [0.1, 0.15) is 72.1 Å². The highest BCUT2D eigenvalue weighted by Gasteiger charge is 2.26. The molecule has 0 radical (unpaired) electrons. The number of aliphatic hydroxyl groups is 6. The lowest BCUT2D eigenvalue weighted by Gasteiger charge is -2.28. The lowest BCUT2D eigenvalue weighted by Crippen LogP contribution is -2.37. The van der Waals surface area contributed by atoms with Gasteiger partial charge in [-0.05, 0) is 38.0 Å². The number of hydrogen-bond acceptors (Lipinski definition) is 9. The van der Waals surface area contributed by atoms with Gasteiger partial charge < -0.3 is 44.8 Å². The fraction of sp³-hybridized carbons (Fsp3) is 1.00. The minimum absolute atomic E-state index is 0.0249. The van der Waals surface area contributed by atoms with Gasteiger partial charge in [0.25, 0.3) is 0 Å². The smallest absolute Gasteiger partial charge is 0.157 e. The zero-order valence-corrected chi connectivity index (χ0v) is 22.6. The molecule has 0 spiro atoms. The first-order valence-corrected chi connectivity index (χ1v) is 13.2. The largest absolute Gasteiger partial charge is 0.400 e. The van der Waals surface area contributed by atoms with Crippen molar-refractivity contribution in [2.45, 2.75) is 103 Å². The van der Waals surface area contributed by atoms with Gasteiger partial charge in [-0.2, -0.15) is 0 Å². The van der Waals surface area contributed by atoms with Gasteiger partial charge in [0.15, 0.2) is 12.6 Å². The molecule has 6 N–H and O–H groups in total. The van der Waals surface area contributed by atoms with Gasteiger partial charge in [-0.15, -0.1) is 9.24 Å². The van der Waals surface area contributed by atoms with Gasteiger partial charge in [-0.1, -0.05) is 33.9 Å². The third-order valence-corrected chi connectivity index (χ3v) is 4.48.